The van der Waals surface area contributed by atoms with Crippen LogP contribution in [0.15, 0.2) is 92.1 Å². The Kier molecular flexibility index (Phi) is 7.59. The molecule has 0 spiro atoms. The van der Waals surface area contributed by atoms with Crippen LogP contribution >= 0.6 is 0 Å². The molecule has 3 aromatic rings. The average molecular weight is 418 g/mol. The van der Waals surface area contributed by atoms with E-state index in [-0.39, 0.29) is 34.5 Å². The predicted molar refractivity (Wildman–Crippen MR) is 104 cm³/mol. The maximum Gasteiger partial charge on any atom is 1.00 e. The van der Waals surface area contributed by atoms with Crippen LogP contribution in [0.3, 0.4) is 0 Å². The fourth-order valence-electron chi connectivity index (χ4n) is 2.16. The number of hydrogen-bond acceptors (Lipinski definition) is 9. The van der Waals surface area contributed by atoms with Gasteiger partial charge in [0.05, 0.1) is 27.6 Å². The Hall–Kier alpha value is -2.63. The van der Waals surface area contributed by atoms with Crippen LogP contribution in [0.4, 0.5) is 34.1 Å². The van der Waals surface area contributed by atoms with E-state index in [9.17, 15) is 13.0 Å². The van der Waals surface area contributed by atoms with E-state index < -0.39 is 10.1 Å². The first-order valence-electron chi connectivity index (χ1n) is 7.96. The van der Waals surface area contributed by atoms with Gasteiger partial charge in [-0.05, 0) is 66.7 Å². The fourth-order valence-corrected chi connectivity index (χ4v) is 2.63. The zero-order chi connectivity index (χ0) is 20.1. The van der Waals surface area contributed by atoms with Crippen molar-refractivity contribution in [2.24, 2.45) is 20.5 Å². The molecule has 0 atom stereocenters. The van der Waals surface area contributed by atoms with Gasteiger partial charge in [0, 0.05) is 5.69 Å². The minimum absolute atomic E-state index is 0. The molecule has 11 heteroatoms. The van der Waals surface area contributed by atoms with Crippen LogP contribution in [0.2, 0.25) is 0 Å². The van der Waals surface area contributed by atoms with Gasteiger partial charge in [-0.25, -0.2) is 8.42 Å². The van der Waals surface area contributed by atoms with E-state index in [0.29, 0.717) is 34.1 Å². The molecule has 0 bridgehead atoms. The molecule has 0 saturated heterocycles. The zero-order valence-corrected chi connectivity index (χ0v) is 18.2. The van der Waals surface area contributed by atoms with Crippen LogP contribution in [0, 0.1) is 0 Å². The molecule has 4 N–H and O–H groups in total. The molecule has 142 valence electrons. The molecule has 0 radical (unpaired) electrons. The Morgan fingerprint density at radius 3 is 1.59 bits per heavy atom. The summed E-state index contributed by atoms with van der Waals surface area (Å²) < 4.78 is 32.7. The van der Waals surface area contributed by atoms with Gasteiger partial charge >= 0.3 is 29.6 Å². The SMILES string of the molecule is Nc1ccc(N=Nc2ccc(N=Nc3ccc(S(=O)(=O)[O-])cc3)cc2)c(N)c1.[Na+]. The second-order valence-corrected chi connectivity index (χ2v) is 7.06. The second kappa shape index (κ2) is 9.72. The Morgan fingerprint density at radius 2 is 1.14 bits per heavy atom. The van der Waals surface area contributed by atoms with Crippen LogP contribution in [-0.2, 0) is 10.1 Å². The topological polar surface area (TPSA) is 159 Å². The first-order valence-corrected chi connectivity index (χ1v) is 9.36. The first kappa shape index (κ1) is 22.7. The molecule has 9 nitrogen and oxygen atoms in total. The summed E-state index contributed by atoms with van der Waals surface area (Å²) in [4.78, 5) is -0.317. The molecule has 3 aromatic carbocycles. The van der Waals surface area contributed by atoms with E-state index in [1.807, 2.05) is 0 Å². The Morgan fingerprint density at radius 1 is 0.690 bits per heavy atom. The van der Waals surface area contributed by atoms with Crippen LogP contribution in [0.25, 0.3) is 0 Å². The predicted octanol–water partition coefficient (Wildman–Crippen LogP) is 1.59. The van der Waals surface area contributed by atoms with E-state index in [2.05, 4.69) is 20.5 Å². The Bertz CT molecular complexity index is 1150. The maximum atomic E-state index is 10.9. The number of azo groups is 2. The van der Waals surface area contributed by atoms with E-state index in [1.54, 1.807) is 42.5 Å². The van der Waals surface area contributed by atoms with Crippen molar-refractivity contribution in [1.82, 2.24) is 0 Å². The molecule has 0 heterocycles. The summed E-state index contributed by atoms with van der Waals surface area (Å²) in [6, 6.07) is 16.9. The molecular formula is C18H15N6NaO3S. The first-order chi connectivity index (χ1) is 13.3. The summed E-state index contributed by atoms with van der Waals surface area (Å²) in [5.74, 6) is 0. The minimum atomic E-state index is -4.48. The molecule has 3 rings (SSSR count). The smallest absolute Gasteiger partial charge is 0.744 e. The van der Waals surface area contributed by atoms with Gasteiger partial charge in [0.1, 0.15) is 15.8 Å². The van der Waals surface area contributed by atoms with Gasteiger partial charge in [0.2, 0.25) is 0 Å². The van der Waals surface area contributed by atoms with Crippen molar-refractivity contribution in [2.45, 2.75) is 4.90 Å². The molecule has 0 unspecified atom stereocenters. The number of anilines is 2. The second-order valence-electron chi connectivity index (χ2n) is 5.68. The molecule has 29 heavy (non-hydrogen) atoms. The van der Waals surface area contributed by atoms with Gasteiger partial charge in [-0.3, -0.25) is 0 Å². The summed E-state index contributed by atoms with van der Waals surface area (Å²) >= 11 is 0. The van der Waals surface area contributed by atoms with Crippen LogP contribution in [0.5, 0.6) is 0 Å². The zero-order valence-electron chi connectivity index (χ0n) is 15.4. The van der Waals surface area contributed by atoms with Gasteiger partial charge < -0.3 is 16.0 Å². The van der Waals surface area contributed by atoms with Gasteiger partial charge in [0.15, 0.2) is 0 Å². The average Bonchev–Trinajstić information content (AvgIpc) is 2.66. The van der Waals surface area contributed by atoms with Crippen molar-refractivity contribution in [3.8, 4) is 0 Å². The maximum absolute atomic E-state index is 10.9. The summed E-state index contributed by atoms with van der Waals surface area (Å²) in [6.07, 6.45) is 0. The standard InChI is InChI=1S/C18H16N6O3S.Na/c19-12-1-10-18(17(20)11-12)24-23-14-4-2-13(3-5-14)21-22-15-6-8-16(9-7-15)28(25,26)27;/h1-11H,19-20H2,(H,25,26,27);/q;+1/p-1. The molecule has 0 aliphatic heterocycles. The summed E-state index contributed by atoms with van der Waals surface area (Å²) in [6.45, 7) is 0. The third-order valence-corrected chi connectivity index (χ3v) is 4.43. The molecule has 0 aliphatic carbocycles. The summed E-state index contributed by atoms with van der Waals surface area (Å²) in [7, 11) is -4.48. The number of nitrogens with two attached hydrogens (primary N) is 2. The molecule has 0 aliphatic rings. The fraction of sp³-hybridized carbons (Fsp3) is 0. The number of hydrogen-bond donors (Lipinski definition) is 2. The minimum Gasteiger partial charge on any atom is -0.744 e. The van der Waals surface area contributed by atoms with Crippen molar-refractivity contribution in [3.63, 3.8) is 0 Å². The van der Waals surface area contributed by atoms with Gasteiger partial charge in [0.25, 0.3) is 0 Å². The van der Waals surface area contributed by atoms with Gasteiger partial charge in [-0.15, -0.1) is 5.11 Å². The number of benzene rings is 3. The number of nitrogens with zero attached hydrogens (tertiary/aromatic N) is 4. The van der Waals surface area contributed by atoms with Gasteiger partial charge in [-0.2, -0.15) is 15.3 Å². The van der Waals surface area contributed by atoms with E-state index in [4.69, 9.17) is 11.5 Å². The quantitative estimate of drug-likeness (QED) is 0.278. The van der Waals surface area contributed by atoms with Crippen molar-refractivity contribution >= 4 is 44.2 Å². The number of rotatable bonds is 5. The Balaban J connectivity index is 0.00000300. The van der Waals surface area contributed by atoms with E-state index >= 15 is 0 Å². The number of nitrogen functional groups attached to an aromatic ring is 2. The third kappa shape index (κ3) is 6.44. The van der Waals surface area contributed by atoms with Crippen molar-refractivity contribution in [2.75, 3.05) is 11.5 Å². The molecule has 0 aromatic heterocycles. The van der Waals surface area contributed by atoms with Crippen LogP contribution in [0.1, 0.15) is 0 Å². The van der Waals surface area contributed by atoms with Crippen molar-refractivity contribution in [1.29, 1.82) is 0 Å². The summed E-state index contributed by atoms with van der Waals surface area (Å²) in [5.41, 5.74) is 14.5. The van der Waals surface area contributed by atoms with E-state index in [1.165, 1.54) is 24.3 Å². The molecule has 0 saturated carbocycles. The van der Waals surface area contributed by atoms with E-state index in [0.717, 1.165) is 0 Å². The summed E-state index contributed by atoms with van der Waals surface area (Å²) in [5, 5.41) is 16.2. The monoisotopic (exact) mass is 418 g/mol. The normalized spacial score (nSPS) is 11.6. The van der Waals surface area contributed by atoms with Crippen molar-refractivity contribution in [3.05, 3.63) is 66.7 Å². The van der Waals surface area contributed by atoms with Gasteiger partial charge in [-0.1, -0.05) is 0 Å². The van der Waals surface area contributed by atoms with Crippen LogP contribution < -0.4 is 41.0 Å². The van der Waals surface area contributed by atoms with Crippen LogP contribution in [-0.4, -0.2) is 13.0 Å². The molecule has 0 fully saturated rings. The largest absolute Gasteiger partial charge is 1.00 e. The Labute approximate surface area is 189 Å². The third-order valence-electron chi connectivity index (χ3n) is 3.58. The molecular weight excluding hydrogens is 403 g/mol. The molecule has 0 amide bonds. The van der Waals surface area contributed by atoms with Crippen molar-refractivity contribution < 1.29 is 42.5 Å².